The number of methoxy groups -OCH3 is 1. The van der Waals surface area contributed by atoms with Crippen molar-refractivity contribution in [2.75, 3.05) is 20.3 Å². The number of hydrogen-bond acceptors (Lipinski definition) is 7. The van der Waals surface area contributed by atoms with E-state index >= 15 is 0 Å². The van der Waals surface area contributed by atoms with Crippen molar-refractivity contribution in [3.63, 3.8) is 0 Å². The summed E-state index contributed by atoms with van der Waals surface area (Å²) in [6.45, 7) is 12.1. The fourth-order valence-electron chi connectivity index (χ4n) is 4.63. The van der Waals surface area contributed by atoms with E-state index in [9.17, 15) is 19.5 Å². The monoisotopic (exact) mass is 535 g/mol. The molecule has 9 nitrogen and oxygen atoms in total. The molecule has 0 saturated carbocycles. The van der Waals surface area contributed by atoms with Crippen molar-refractivity contribution < 1.29 is 32.9 Å². The first kappa shape index (κ1) is 31.4. The van der Waals surface area contributed by atoms with Crippen LogP contribution in [-0.4, -0.2) is 44.4 Å². The number of hydrogen-bond donors (Lipinski definition) is 0. The number of nitrogens with zero attached hydrogens (tertiary/aromatic N) is 3. The van der Waals surface area contributed by atoms with E-state index in [2.05, 4.69) is 10.0 Å². The zero-order valence-electron chi connectivity index (χ0n) is 23.6. The molecule has 1 aliphatic heterocycles. The van der Waals surface area contributed by atoms with Crippen molar-refractivity contribution in [1.82, 2.24) is 0 Å². The van der Waals surface area contributed by atoms with E-state index in [1.54, 1.807) is 33.1 Å². The number of esters is 2. The molecule has 38 heavy (non-hydrogen) atoms. The molecule has 0 radical (unpaired) electrons. The molecule has 1 aliphatic rings. The Morgan fingerprint density at radius 1 is 1.21 bits per heavy atom. The molecule has 0 N–H and O–H groups in total. The standard InChI is InChI=1S/C28H42FN3O6/c1-16(2)20(14-23(31-32-30)25-15-21(17(3)4)28(34)37-25)26(38-27(33)18(5)6)19-9-10-22(29)24(13-19)36-12-8-11-35-7/h9-10,13,16-18,20-21,23,25-26H,8,11-12,14-15H2,1-7H3/t20?,21-,23-,25-,26+/m0/s1. The number of azide groups is 1. The zero-order valence-corrected chi connectivity index (χ0v) is 23.6. The van der Waals surface area contributed by atoms with Crippen LogP contribution in [0.3, 0.4) is 0 Å². The first-order chi connectivity index (χ1) is 18.0. The van der Waals surface area contributed by atoms with Crippen LogP contribution in [0.5, 0.6) is 5.75 Å². The molecule has 1 heterocycles. The Morgan fingerprint density at radius 3 is 2.47 bits per heavy atom. The van der Waals surface area contributed by atoms with E-state index in [4.69, 9.17) is 18.9 Å². The van der Waals surface area contributed by atoms with Gasteiger partial charge >= 0.3 is 11.9 Å². The molecule has 0 amide bonds. The molecule has 0 bridgehead atoms. The number of benzene rings is 1. The van der Waals surface area contributed by atoms with Gasteiger partial charge in [0.25, 0.3) is 0 Å². The summed E-state index contributed by atoms with van der Waals surface area (Å²) < 4.78 is 36.9. The largest absolute Gasteiger partial charge is 0.490 e. The highest BCUT2D eigenvalue weighted by Gasteiger charge is 2.42. The van der Waals surface area contributed by atoms with Gasteiger partial charge in [-0.2, -0.15) is 0 Å². The van der Waals surface area contributed by atoms with Crippen LogP contribution >= 0.6 is 0 Å². The maximum atomic E-state index is 14.6. The summed E-state index contributed by atoms with van der Waals surface area (Å²) in [7, 11) is 1.58. The van der Waals surface area contributed by atoms with Crippen LogP contribution in [0.2, 0.25) is 0 Å². The van der Waals surface area contributed by atoms with Crippen LogP contribution in [0, 0.1) is 35.4 Å². The van der Waals surface area contributed by atoms with Crippen molar-refractivity contribution in [3.05, 3.63) is 40.0 Å². The van der Waals surface area contributed by atoms with Crippen molar-refractivity contribution in [2.45, 2.75) is 79.1 Å². The molecule has 2 rings (SSSR count). The average Bonchev–Trinajstić information content (AvgIpc) is 3.25. The minimum atomic E-state index is -0.763. The van der Waals surface area contributed by atoms with Gasteiger partial charge in [0.05, 0.1) is 24.5 Å². The van der Waals surface area contributed by atoms with Gasteiger partial charge in [-0.1, -0.05) is 52.7 Å². The van der Waals surface area contributed by atoms with Crippen LogP contribution in [0.15, 0.2) is 23.3 Å². The number of cyclic esters (lactones) is 1. The highest BCUT2D eigenvalue weighted by atomic mass is 19.1. The maximum absolute atomic E-state index is 14.6. The van der Waals surface area contributed by atoms with Gasteiger partial charge in [-0.05, 0) is 47.9 Å². The van der Waals surface area contributed by atoms with E-state index in [0.717, 1.165) is 0 Å². The van der Waals surface area contributed by atoms with Gasteiger partial charge < -0.3 is 18.9 Å². The predicted octanol–water partition coefficient (Wildman–Crippen LogP) is 6.41. The Kier molecular flexibility index (Phi) is 12.3. The Morgan fingerprint density at radius 2 is 1.92 bits per heavy atom. The lowest BCUT2D eigenvalue weighted by atomic mass is 9.79. The van der Waals surface area contributed by atoms with Gasteiger partial charge in [-0.3, -0.25) is 9.59 Å². The molecular formula is C28H42FN3O6. The summed E-state index contributed by atoms with van der Waals surface area (Å²) in [5.41, 5.74) is 9.89. The van der Waals surface area contributed by atoms with E-state index in [1.807, 2.05) is 27.7 Å². The Balaban J connectivity index is 2.42. The predicted molar refractivity (Wildman–Crippen MR) is 141 cm³/mol. The van der Waals surface area contributed by atoms with Gasteiger partial charge in [-0.15, -0.1) is 0 Å². The van der Waals surface area contributed by atoms with Gasteiger partial charge in [0.1, 0.15) is 12.2 Å². The van der Waals surface area contributed by atoms with Crippen LogP contribution < -0.4 is 4.74 Å². The fraction of sp³-hybridized carbons (Fsp3) is 0.714. The molecule has 10 heteroatoms. The second-order valence-corrected chi connectivity index (χ2v) is 10.9. The summed E-state index contributed by atoms with van der Waals surface area (Å²) in [6.07, 6.45) is 0.0215. The molecule has 1 fully saturated rings. The van der Waals surface area contributed by atoms with E-state index in [1.165, 1.54) is 6.07 Å². The molecule has 1 aromatic rings. The number of carbonyl (C=O) groups is 2. The van der Waals surface area contributed by atoms with Crippen molar-refractivity contribution in [1.29, 1.82) is 0 Å². The number of carbonyl (C=O) groups excluding carboxylic acids is 2. The lowest BCUT2D eigenvalue weighted by Crippen LogP contribution is -2.33. The Labute approximate surface area is 225 Å². The zero-order chi connectivity index (χ0) is 28.4. The second kappa shape index (κ2) is 14.9. The van der Waals surface area contributed by atoms with E-state index in [-0.39, 0.29) is 47.9 Å². The highest BCUT2D eigenvalue weighted by Crippen LogP contribution is 2.40. The number of rotatable bonds is 15. The van der Waals surface area contributed by atoms with Crippen LogP contribution in [-0.2, 0) is 23.8 Å². The summed E-state index contributed by atoms with van der Waals surface area (Å²) in [5, 5.41) is 4.00. The third-order valence-corrected chi connectivity index (χ3v) is 7.00. The molecular weight excluding hydrogens is 493 g/mol. The Bertz CT molecular complexity index is 979. The van der Waals surface area contributed by atoms with Crippen LogP contribution in [0.4, 0.5) is 4.39 Å². The molecule has 0 spiro atoms. The van der Waals surface area contributed by atoms with Crippen LogP contribution in [0.25, 0.3) is 10.4 Å². The van der Waals surface area contributed by atoms with Gasteiger partial charge in [-0.25, -0.2) is 4.39 Å². The molecule has 1 saturated heterocycles. The van der Waals surface area contributed by atoms with Crippen molar-refractivity contribution in [3.8, 4) is 5.75 Å². The normalized spacial score (nSPS) is 19.7. The summed E-state index contributed by atoms with van der Waals surface area (Å²) in [6, 6.07) is 3.79. The highest BCUT2D eigenvalue weighted by molar-refractivity contribution is 5.75. The minimum absolute atomic E-state index is 0.0227. The second-order valence-electron chi connectivity index (χ2n) is 10.9. The SMILES string of the molecule is COCCCOc1cc([C@@H](OC(=O)C(C)C)C(C[C@H](N=[N+]=[N-])[C@@H]2C[C@@H](C(C)C)C(=O)O2)C(C)C)ccc1F. The van der Waals surface area contributed by atoms with Crippen molar-refractivity contribution in [2.24, 2.45) is 34.7 Å². The first-order valence-corrected chi connectivity index (χ1v) is 13.4. The van der Waals surface area contributed by atoms with Gasteiger partial charge in [0.2, 0.25) is 0 Å². The van der Waals surface area contributed by atoms with Crippen molar-refractivity contribution >= 4 is 11.9 Å². The lowest BCUT2D eigenvalue weighted by Gasteiger charge is -2.33. The average molecular weight is 536 g/mol. The third-order valence-electron chi connectivity index (χ3n) is 7.00. The van der Waals surface area contributed by atoms with Crippen LogP contribution in [0.1, 0.15) is 72.5 Å². The summed E-state index contributed by atoms with van der Waals surface area (Å²) in [5.74, 6) is -2.05. The summed E-state index contributed by atoms with van der Waals surface area (Å²) >= 11 is 0. The molecule has 1 aromatic carbocycles. The summed E-state index contributed by atoms with van der Waals surface area (Å²) in [4.78, 5) is 28.3. The first-order valence-electron chi connectivity index (χ1n) is 13.4. The molecule has 1 unspecified atom stereocenters. The maximum Gasteiger partial charge on any atom is 0.309 e. The Hall–Kier alpha value is -2.84. The fourth-order valence-corrected chi connectivity index (χ4v) is 4.63. The third kappa shape index (κ3) is 8.60. The van der Waals surface area contributed by atoms with Gasteiger partial charge in [0, 0.05) is 31.0 Å². The number of halogens is 1. The molecule has 5 atom stereocenters. The van der Waals surface area contributed by atoms with Gasteiger partial charge in [0.15, 0.2) is 11.6 Å². The smallest absolute Gasteiger partial charge is 0.309 e. The molecule has 0 aromatic heterocycles. The number of ether oxygens (including phenoxy) is 4. The molecule has 212 valence electrons. The van der Waals surface area contributed by atoms with E-state index in [0.29, 0.717) is 31.4 Å². The van der Waals surface area contributed by atoms with E-state index < -0.39 is 30.0 Å². The minimum Gasteiger partial charge on any atom is -0.490 e. The lowest BCUT2D eigenvalue weighted by molar-refractivity contribution is -0.157. The topological polar surface area (TPSA) is 120 Å². The quantitative estimate of drug-likeness (QED) is 0.0841. The molecule has 0 aliphatic carbocycles.